The number of aliphatic hydroxyl groups is 2. The number of aromatic nitrogens is 4. The Bertz CT molecular complexity index is 1880. The lowest BCUT2D eigenvalue weighted by molar-refractivity contribution is -0.137. The minimum Gasteiger partial charge on any atom is -0.386 e. The van der Waals surface area contributed by atoms with Gasteiger partial charge in [-0.3, -0.25) is 37.3 Å². The summed E-state index contributed by atoms with van der Waals surface area (Å²) in [5, 5.41) is 26.0. The van der Waals surface area contributed by atoms with Crippen LogP contribution in [-0.2, 0) is 55.5 Å². The molecule has 0 spiro atoms. The van der Waals surface area contributed by atoms with Gasteiger partial charge in [0, 0.05) is 30.7 Å². The molecule has 29 heteroatoms. The van der Waals surface area contributed by atoms with Crippen molar-refractivity contribution in [2.75, 3.05) is 37.8 Å². The number of imidazole rings is 1. The van der Waals surface area contributed by atoms with Gasteiger partial charge in [0.15, 0.2) is 22.8 Å². The molecule has 3 unspecified atom stereocenters. The van der Waals surface area contributed by atoms with Crippen molar-refractivity contribution in [1.29, 1.82) is 0 Å². The molecule has 8 atom stereocenters. The smallest absolute Gasteiger partial charge is 0.386 e. The van der Waals surface area contributed by atoms with Crippen molar-refractivity contribution in [3.8, 4) is 0 Å². The van der Waals surface area contributed by atoms with E-state index >= 15 is 0 Å². The van der Waals surface area contributed by atoms with Crippen LogP contribution in [0.1, 0.15) is 46.8 Å². The highest BCUT2D eigenvalue weighted by Gasteiger charge is 2.50. The molecule has 0 saturated carbocycles. The second kappa shape index (κ2) is 19.8. The number of phosphoric acid groups is 3. The van der Waals surface area contributed by atoms with Crippen LogP contribution in [0.15, 0.2) is 12.7 Å². The minimum atomic E-state index is -5.58. The fourth-order valence-electron chi connectivity index (χ4n) is 5.00. The summed E-state index contributed by atoms with van der Waals surface area (Å²) in [5.74, 6) is -2.28. The normalized spacial score (nSPS) is 22.2. The molecule has 316 valence electrons. The highest BCUT2D eigenvalue weighted by molar-refractivity contribution is 8.13. The van der Waals surface area contributed by atoms with Crippen LogP contribution in [0, 0.1) is 11.3 Å². The van der Waals surface area contributed by atoms with Gasteiger partial charge in [-0.1, -0.05) is 32.5 Å². The average Bonchev–Trinajstić information content (AvgIpc) is 3.64. The fraction of sp³-hybridized carbons (Fsp3) is 0.667. The standard InChI is InChI=1S/C27H44N7O18P3S/c1-5-15(14(2)35)26(40)56-9-8-29-17(36)6-7-30-24(39)21(38)27(3,4)11-49-55(46,47)52-54(44,45)48-10-16-20(51-53(41,42)43)19(37)25(50-16)34-13-33-18-22(28)31-12-32-23(18)34/h12-13,15-16,19-21,25,37-38H,5-11H2,1-4H3,(H,29,36)(H,30,39)(H,44,45)(H,46,47)(H2,28,31,32)(H2,41,42,43)/t15?,16-,19-,20-,21+,25-/m1/s1. The number of phosphoric ester groups is 3. The van der Waals surface area contributed by atoms with E-state index in [2.05, 4.69) is 34.4 Å². The highest BCUT2D eigenvalue weighted by atomic mass is 32.2. The first-order valence-electron chi connectivity index (χ1n) is 16.4. The van der Waals surface area contributed by atoms with Gasteiger partial charge < -0.3 is 50.9 Å². The van der Waals surface area contributed by atoms with Crippen LogP contribution in [0.3, 0.4) is 0 Å². The Balaban J connectivity index is 1.49. The largest absolute Gasteiger partial charge is 0.481 e. The molecule has 0 radical (unpaired) electrons. The van der Waals surface area contributed by atoms with Crippen molar-refractivity contribution in [2.24, 2.45) is 11.3 Å². The molecular formula is C27H44N7O18P3S. The Hall–Kier alpha value is -2.77. The van der Waals surface area contributed by atoms with Gasteiger partial charge in [-0.2, -0.15) is 4.31 Å². The molecule has 56 heavy (non-hydrogen) atoms. The number of anilines is 1. The number of Topliss-reactive ketones (excluding diaryl/α,β-unsaturated/α-hetero) is 1. The monoisotopic (exact) mass is 879 g/mol. The Morgan fingerprint density at radius 3 is 2.34 bits per heavy atom. The van der Waals surface area contributed by atoms with E-state index in [-0.39, 0.29) is 53.1 Å². The van der Waals surface area contributed by atoms with Gasteiger partial charge in [-0.25, -0.2) is 28.6 Å². The van der Waals surface area contributed by atoms with Crippen LogP contribution in [0.2, 0.25) is 0 Å². The maximum Gasteiger partial charge on any atom is 0.481 e. The zero-order chi connectivity index (χ0) is 42.2. The number of ether oxygens (including phenoxy) is 1. The number of nitrogens with zero attached hydrogens (tertiary/aromatic N) is 4. The average molecular weight is 880 g/mol. The maximum atomic E-state index is 12.7. The van der Waals surface area contributed by atoms with E-state index in [1.807, 2.05) is 0 Å². The number of nitrogen functional groups attached to an aromatic ring is 1. The third-order valence-corrected chi connectivity index (χ3v) is 12.0. The summed E-state index contributed by atoms with van der Waals surface area (Å²) in [7, 11) is -16.4. The van der Waals surface area contributed by atoms with E-state index in [0.717, 1.165) is 29.0 Å². The molecule has 0 bridgehead atoms. The third kappa shape index (κ3) is 13.7. The molecule has 0 aromatic carbocycles. The van der Waals surface area contributed by atoms with Crippen molar-refractivity contribution in [1.82, 2.24) is 30.2 Å². The predicted molar refractivity (Wildman–Crippen MR) is 192 cm³/mol. The van der Waals surface area contributed by atoms with Gasteiger partial charge >= 0.3 is 23.5 Å². The summed E-state index contributed by atoms with van der Waals surface area (Å²) in [5.41, 5.74) is 4.22. The molecule has 2 amide bonds. The van der Waals surface area contributed by atoms with Gasteiger partial charge in [0.2, 0.25) is 11.8 Å². The number of carbonyl (C=O) groups is 4. The summed E-state index contributed by atoms with van der Waals surface area (Å²) in [4.78, 5) is 99.1. The van der Waals surface area contributed by atoms with E-state index in [4.69, 9.17) is 19.5 Å². The number of hydrogen-bond acceptors (Lipinski definition) is 19. The van der Waals surface area contributed by atoms with Crippen LogP contribution in [0.25, 0.3) is 11.2 Å². The number of hydrogen-bond donors (Lipinski definition) is 9. The number of thioether (sulfide) groups is 1. The van der Waals surface area contributed by atoms with Crippen molar-refractivity contribution >= 4 is 74.9 Å². The number of nitrogens with one attached hydrogen (secondary N) is 2. The molecule has 3 rings (SSSR count). The number of ketones is 1. The quantitative estimate of drug-likeness (QED) is 0.0400. The second-order valence-corrected chi connectivity index (χ2v) is 18.1. The van der Waals surface area contributed by atoms with Gasteiger partial charge in [-0.05, 0) is 13.3 Å². The summed E-state index contributed by atoms with van der Waals surface area (Å²) < 4.78 is 62.0. The Kier molecular flexibility index (Phi) is 16.8. The molecule has 1 aliphatic rings. The van der Waals surface area contributed by atoms with Gasteiger partial charge in [0.05, 0.1) is 25.5 Å². The van der Waals surface area contributed by atoms with Crippen LogP contribution in [0.5, 0.6) is 0 Å². The SMILES string of the molecule is CCC(C(C)=O)C(=O)SCCNC(=O)CCNC(=O)[C@H](O)C(C)(C)COP(=O)(O)OP(=O)(O)OC[C@H]1O[C@@H](n2cnc3c(N)ncnc32)[C@H](O)[C@@H]1OP(=O)(O)O. The number of carbonyl (C=O) groups excluding carboxylic acids is 4. The van der Waals surface area contributed by atoms with Crippen molar-refractivity contribution in [3.05, 3.63) is 12.7 Å². The van der Waals surface area contributed by atoms with Gasteiger partial charge in [0.1, 0.15) is 42.0 Å². The lowest BCUT2D eigenvalue weighted by Gasteiger charge is -2.30. The van der Waals surface area contributed by atoms with Crippen LogP contribution in [0.4, 0.5) is 5.82 Å². The van der Waals surface area contributed by atoms with Crippen molar-refractivity contribution in [2.45, 2.75) is 71.2 Å². The summed E-state index contributed by atoms with van der Waals surface area (Å²) >= 11 is 0.910. The zero-order valence-electron chi connectivity index (χ0n) is 30.3. The molecule has 1 saturated heterocycles. The summed E-state index contributed by atoms with van der Waals surface area (Å²) in [6.45, 7) is 3.34. The van der Waals surface area contributed by atoms with E-state index < -0.39 is 90.5 Å². The molecule has 1 aliphatic heterocycles. The molecule has 25 nitrogen and oxygen atoms in total. The maximum absolute atomic E-state index is 12.7. The molecule has 2 aromatic heterocycles. The van der Waals surface area contributed by atoms with E-state index in [1.54, 1.807) is 6.92 Å². The first-order chi connectivity index (χ1) is 25.9. The predicted octanol–water partition coefficient (Wildman–Crippen LogP) is -0.720. The Labute approximate surface area is 322 Å². The first-order valence-corrected chi connectivity index (χ1v) is 21.9. The van der Waals surface area contributed by atoms with Gasteiger partial charge in [0.25, 0.3) is 0 Å². The molecule has 2 aromatic rings. The lowest BCUT2D eigenvalue weighted by atomic mass is 9.87. The number of nitrogens with two attached hydrogens (primary N) is 1. The number of aliphatic hydroxyl groups excluding tert-OH is 2. The third-order valence-electron chi connectivity index (χ3n) is 7.93. The topological polar surface area (TPSA) is 381 Å². The minimum absolute atomic E-state index is 0.0241. The summed E-state index contributed by atoms with van der Waals surface area (Å²) in [6, 6.07) is 0. The number of rotatable bonds is 22. The van der Waals surface area contributed by atoms with Crippen molar-refractivity contribution < 1.29 is 85.3 Å². The molecule has 0 aliphatic carbocycles. The van der Waals surface area contributed by atoms with Gasteiger partial charge in [-0.15, -0.1) is 0 Å². The van der Waals surface area contributed by atoms with Crippen LogP contribution >= 0.6 is 35.2 Å². The van der Waals surface area contributed by atoms with Crippen LogP contribution in [-0.4, -0.2) is 128 Å². The van der Waals surface area contributed by atoms with E-state index in [0.29, 0.717) is 6.42 Å². The number of fused-ring (bicyclic) bond motifs is 1. The molecule has 10 N–H and O–H groups in total. The Morgan fingerprint density at radius 1 is 1.05 bits per heavy atom. The number of amides is 2. The van der Waals surface area contributed by atoms with Crippen molar-refractivity contribution in [3.63, 3.8) is 0 Å². The van der Waals surface area contributed by atoms with Crippen LogP contribution < -0.4 is 16.4 Å². The Morgan fingerprint density at radius 2 is 1.71 bits per heavy atom. The molecular weight excluding hydrogens is 835 g/mol. The van der Waals surface area contributed by atoms with E-state index in [9.17, 15) is 62.7 Å². The zero-order valence-corrected chi connectivity index (χ0v) is 33.8. The molecule has 3 heterocycles. The first kappa shape index (κ1) is 47.6. The lowest BCUT2D eigenvalue weighted by Crippen LogP contribution is -2.46. The highest BCUT2D eigenvalue weighted by Crippen LogP contribution is 2.61. The molecule has 1 fully saturated rings. The summed E-state index contributed by atoms with van der Waals surface area (Å²) in [6.07, 6.45) is -6.66. The second-order valence-electron chi connectivity index (χ2n) is 12.8. The fourth-order valence-corrected chi connectivity index (χ4v) is 8.77. The van der Waals surface area contributed by atoms with E-state index in [1.165, 1.54) is 20.8 Å².